The van der Waals surface area contributed by atoms with Crippen molar-refractivity contribution in [3.63, 3.8) is 0 Å². The molecule has 0 saturated carbocycles. The minimum Gasteiger partial charge on any atom is -0.424 e. The summed E-state index contributed by atoms with van der Waals surface area (Å²) in [4.78, 5) is 11.0. The lowest BCUT2D eigenvalue weighted by Gasteiger charge is -2.06. The highest BCUT2D eigenvalue weighted by Crippen LogP contribution is 2.26. The van der Waals surface area contributed by atoms with Gasteiger partial charge < -0.3 is 9.30 Å². The Kier molecular flexibility index (Phi) is 3.01. The minimum atomic E-state index is -0.317. The normalized spacial score (nSPS) is 10.3. The maximum Gasteiger partial charge on any atom is 0.308 e. The molecule has 1 aromatic carbocycles. The molecule has 0 aliphatic heterocycles. The number of aromatic nitrogens is 1. The molecule has 4 heteroatoms. The van der Waals surface area contributed by atoms with Gasteiger partial charge >= 0.3 is 5.97 Å². The molecular weight excluding hydrogens is 222 g/mol. The minimum absolute atomic E-state index is 0.317. The van der Waals surface area contributed by atoms with Gasteiger partial charge in [0, 0.05) is 18.5 Å². The second-order valence-corrected chi connectivity index (χ2v) is 3.76. The zero-order valence-corrected chi connectivity index (χ0v) is 9.66. The maximum absolute atomic E-state index is 11.0. The maximum atomic E-state index is 11.0. The van der Waals surface area contributed by atoms with Crippen LogP contribution in [-0.4, -0.2) is 15.9 Å². The first-order valence-corrected chi connectivity index (χ1v) is 5.39. The van der Waals surface area contributed by atoms with E-state index < -0.39 is 0 Å². The molecule has 0 bridgehead atoms. The molecule has 0 fully saturated rings. The van der Waals surface area contributed by atoms with E-state index in [4.69, 9.17) is 17.0 Å². The van der Waals surface area contributed by atoms with Gasteiger partial charge in [-0.2, -0.15) is 0 Å². The molecule has 0 N–H and O–H groups in total. The van der Waals surface area contributed by atoms with E-state index in [0.717, 1.165) is 10.9 Å². The first-order chi connectivity index (χ1) is 7.72. The van der Waals surface area contributed by atoms with Crippen molar-refractivity contribution in [2.24, 2.45) is 0 Å². The SMILES string of the molecule is CC(=O)Oc1cccc2ccn(CC=S)c12. The molecule has 0 radical (unpaired) electrons. The molecule has 0 saturated heterocycles. The van der Waals surface area contributed by atoms with Crippen LogP contribution in [0.15, 0.2) is 30.5 Å². The zero-order chi connectivity index (χ0) is 11.5. The summed E-state index contributed by atoms with van der Waals surface area (Å²) in [6, 6.07) is 7.59. The highest BCUT2D eigenvalue weighted by atomic mass is 32.1. The molecule has 0 spiro atoms. The van der Waals surface area contributed by atoms with Crippen molar-refractivity contribution in [3.05, 3.63) is 30.5 Å². The van der Waals surface area contributed by atoms with E-state index in [0.29, 0.717) is 12.3 Å². The van der Waals surface area contributed by atoms with Crippen LogP contribution in [0.1, 0.15) is 6.92 Å². The van der Waals surface area contributed by atoms with Gasteiger partial charge in [-0.05, 0) is 17.5 Å². The van der Waals surface area contributed by atoms with Gasteiger partial charge in [-0.1, -0.05) is 24.4 Å². The summed E-state index contributed by atoms with van der Waals surface area (Å²) < 4.78 is 7.12. The van der Waals surface area contributed by atoms with Crippen LogP contribution in [0.2, 0.25) is 0 Å². The van der Waals surface area contributed by atoms with Gasteiger partial charge in [-0.25, -0.2) is 0 Å². The van der Waals surface area contributed by atoms with Crippen LogP contribution >= 0.6 is 12.2 Å². The Morgan fingerprint density at radius 1 is 1.50 bits per heavy atom. The molecule has 0 aliphatic rings. The van der Waals surface area contributed by atoms with Crippen molar-refractivity contribution in [1.29, 1.82) is 0 Å². The Bertz CT molecular complexity index is 545. The van der Waals surface area contributed by atoms with Crippen molar-refractivity contribution in [1.82, 2.24) is 4.57 Å². The third-order valence-corrected chi connectivity index (χ3v) is 2.43. The number of rotatable bonds is 3. The van der Waals surface area contributed by atoms with E-state index in [-0.39, 0.29) is 5.97 Å². The lowest BCUT2D eigenvalue weighted by atomic mass is 10.2. The first-order valence-electron chi connectivity index (χ1n) is 4.92. The third kappa shape index (κ3) is 1.97. The van der Waals surface area contributed by atoms with E-state index in [1.807, 2.05) is 29.0 Å². The average Bonchev–Trinajstić information content (AvgIpc) is 2.62. The Hall–Kier alpha value is -1.68. The van der Waals surface area contributed by atoms with Crippen molar-refractivity contribution >= 4 is 34.5 Å². The predicted molar refractivity (Wildman–Crippen MR) is 66.9 cm³/mol. The van der Waals surface area contributed by atoms with Gasteiger partial charge in [-0.3, -0.25) is 4.79 Å². The Morgan fingerprint density at radius 3 is 3.00 bits per heavy atom. The number of hydrogen-bond donors (Lipinski definition) is 0. The molecule has 2 rings (SSSR count). The number of ether oxygens (including phenoxy) is 1. The fourth-order valence-electron chi connectivity index (χ4n) is 1.70. The summed E-state index contributed by atoms with van der Waals surface area (Å²) in [7, 11) is 0. The molecule has 3 nitrogen and oxygen atoms in total. The Morgan fingerprint density at radius 2 is 2.31 bits per heavy atom. The fraction of sp³-hybridized carbons (Fsp3) is 0.167. The molecule has 1 aromatic heterocycles. The monoisotopic (exact) mass is 233 g/mol. The quantitative estimate of drug-likeness (QED) is 0.464. The fourth-order valence-corrected chi connectivity index (χ4v) is 1.86. The Labute approximate surface area is 98.6 Å². The van der Waals surface area contributed by atoms with E-state index in [1.54, 1.807) is 11.4 Å². The van der Waals surface area contributed by atoms with Crippen LogP contribution in [-0.2, 0) is 11.3 Å². The van der Waals surface area contributed by atoms with Crippen LogP contribution in [0.4, 0.5) is 0 Å². The first kappa shape index (κ1) is 10.8. The number of benzene rings is 1. The number of nitrogens with zero attached hydrogens (tertiary/aromatic N) is 1. The molecule has 16 heavy (non-hydrogen) atoms. The van der Waals surface area contributed by atoms with Gasteiger partial charge in [-0.15, -0.1) is 0 Å². The van der Waals surface area contributed by atoms with Gasteiger partial charge in [0.25, 0.3) is 0 Å². The summed E-state index contributed by atoms with van der Waals surface area (Å²) in [6.45, 7) is 2.02. The number of carbonyl (C=O) groups excluding carboxylic acids is 1. The number of para-hydroxylation sites is 1. The summed E-state index contributed by atoms with van der Waals surface area (Å²) in [5, 5.41) is 2.68. The standard InChI is InChI=1S/C12H11NO2S/c1-9(14)15-11-4-2-3-10-5-6-13(7-8-16)12(10)11/h2-6,8H,7H2,1H3. The summed E-state index contributed by atoms with van der Waals surface area (Å²) in [6.07, 6.45) is 1.93. The van der Waals surface area contributed by atoms with E-state index in [2.05, 4.69) is 0 Å². The van der Waals surface area contributed by atoms with Crippen LogP contribution in [0.3, 0.4) is 0 Å². The van der Waals surface area contributed by atoms with Crippen LogP contribution in [0, 0.1) is 0 Å². The molecule has 0 aliphatic carbocycles. The predicted octanol–water partition coefficient (Wildman–Crippen LogP) is 2.57. The molecule has 0 unspecified atom stereocenters. The van der Waals surface area contributed by atoms with Crippen molar-refractivity contribution < 1.29 is 9.53 Å². The van der Waals surface area contributed by atoms with Gasteiger partial charge in [0.15, 0.2) is 5.75 Å². The van der Waals surface area contributed by atoms with Crippen molar-refractivity contribution in [2.75, 3.05) is 0 Å². The van der Waals surface area contributed by atoms with Crippen molar-refractivity contribution in [2.45, 2.75) is 13.5 Å². The number of esters is 1. The van der Waals surface area contributed by atoms with Gasteiger partial charge in [0.2, 0.25) is 0 Å². The topological polar surface area (TPSA) is 31.2 Å². The summed E-state index contributed by atoms with van der Waals surface area (Å²) in [5.41, 5.74) is 0.902. The van der Waals surface area contributed by atoms with Crippen LogP contribution < -0.4 is 4.74 Å². The van der Waals surface area contributed by atoms with Crippen molar-refractivity contribution in [3.8, 4) is 5.75 Å². The van der Waals surface area contributed by atoms with E-state index in [9.17, 15) is 4.79 Å². The number of fused-ring (bicyclic) bond motifs is 1. The number of thiocarbonyl (C=S) groups is 1. The number of hydrogen-bond acceptors (Lipinski definition) is 3. The molecule has 1 heterocycles. The van der Waals surface area contributed by atoms with E-state index in [1.165, 1.54) is 6.92 Å². The third-order valence-electron chi connectivity index (χ3n) is 2.28. The average molecular weight is 233 g/mol. The molecule has 2 aromatic rings. The Balaban J connectivity index is 2.58. The molecule has 0 atom stereocenters. The molecular formula is C12H11NO2S. The van der Waals surface area contributed by atoms with Crippen LogP contribution in [0.5, 0.6) is 5.75 Å². The summed E-state index contributed by atoms with van der Waals surface area (Å²) in [5.74, 6) is 0.259. The van der Waals surface area contributed by atoms with Crippen LogP contribution in [0.25, 0.3) is 10.9 Å². The lowest BCUT2D eigenvalue weighted by molar-refractivity contribution is -0.131. The molecule has 0 amide bonds. The highest BCUT2D eigenvalue weighted by molar-refractivity contribution is 7.78. The van der Waals surface area contributed by atoms with E-state index >= 15 is 0 Å². The largest absolute Gasteiger partial charge is 0.424 e. The zero-order valence-electron chi connectivity index (χ0n) is 8.84. The second kappa shape index (κ2) is 4.45. The summed E-state index contributed by atoms with van der Waals surface area (Å²) >= 11 is 4.84. The lowest BCUT2D eigenvalue weighted by Crippen LogP contribution is -2.04. The highest BCUT2D eigenvalue weighted by Gasteiger charge is 2.08. The van der Waals surface area contributed by atoms with Gasteiger partial charge in [0.05, 0.1) is 12.1 Å². The second-order valence-electron chi connectivity index (χ2n) is 3.42. The van der Waals surface area contributed by atoms with Gasteiger partial charge in [0.1, 0.15) is 0 Å². The number of carbonyl (C=O) groups is 1. The smallest absolute Gasteiger partial charge is 0.308 e. The molecule has 82 valence electrons.